The summed E-state index contributed by atoms with van der Waals surface area (Å²) in [6, 6.07) is 0.583. The molecule has 110 valence electrons. The second-order valence-corrected chi connectivity index (χ2v) is 6.71. The molecule has 0 aromatic carbocycles. The second kappa shape index (κ2) is 4.51. The Hall–Kier alpha value is -0.980. The molecule has 2 aliphatic heterocycles. The molecule has 1 N–H and O–H groups in total. The van der Waals surface area contributed by atoms with Crippen LogP contribution < -0.4 is 0 Å². The Morgan fingerprint density at radius 2 is 2.25 bits per heavy atom. The molecule has 2 saturated heterocycles. The zero-order valence-electron chi connectivity index (χ0n) is 11.8. The second-order valence-electron chi connectivity index (χ2n) is 6.71. The third kappa shape index (κ3) is 2.16. The number of fused-ring (bicyclic) bond motifs is 1. The lowest BCUT2D eigenvalue weighted by Crippen LogP contribution is -2.42. The standard InChI is InChI=1S/C14H21N3O3/c1-14(18)5-9(6-14)13-15-12(16-20-13)11-7-17-4-2-3-10(17)8-19-11/h9-11,18H,2-8H2,1H3/t9?,10-,11+,14?/m0/s1. The average molecular weight is 279 g/mol. The van der Waals surface area contributed by atoms with Crippen molar-refractivity contribution in [3.63, 3.8) is 0 Å². The van der Waals surface area contributed by atoms with Crippen LogP contribution in [0.2, 0.25) is 0 Å². The minimum Gasteiger partial charge on any atom is -0.390 e. The molecule has 3 aliphatic rings. The molecule has 1 aromatic heterocycles. The quantitative estimate of drug-likeness (QED) is 0.878. The first-order valence-corrected chi connectivity index (χ1v) is 7.52. The first-order valence-electron chi connectivity index (χ1n) is 7.52. The number of hydrogen-bond donors (Lipinski definition) is 1. The van der Waals surface area contributed by atoms with Crippen molar-refractivity contribution in [2.24, 2.45) is 0 Å². The molecular formula is C14H21N3O3. The Bertz CT molecular complexity index is 494. The smallest absolute Gasteiger partial charge is 0.230 e. The van der Waals surface area contributed by atoms with Gasteiger partial charge in [0.2, 0.25) is 11.7 Å². The van der Waals surface area contributed by atoms with E-state index in [-0.39, 0.29) is 12.0 Å². The molecule has 0 amide bonds. The molecule has 1 aliphatic carbocycles. The van der Waals surface area contributed by atoms with Crippen molar-refractivity contribution in [3.8, 4) is 0 Å². The topological polar surface area (TPSA) is 71.6 Å². The lowest BCUT2D eigenvalue weighted by Gasteiger charge is -2.38. The van der Waals surface area contributed by atoms with Crippen LogP contribution >= 0.6 is 0 Å². The van der Waals surface area contributed by atoms with Gasteiger partial charge in [-0.1, -0.05) is 5.16 Å². The molecule has 20 heavy (non-hydrogen) atoms. The maximum Gasteiger partial charge on any atom is 0.230 e. The molecular weight excluding hydrogens is 258 g/mol. The van der Waals surface area contributed by atoms with Crippen LogP contribution in [0, 0.1) is 0 Å². The van der Waals surface area contributed by atoms with E-state index in [0.717, 1.165) is 19.7 Å². The summed E-state index contributed by atoms with van der Waals surface area (Å²) in [5.41, 5.74) is -0.566. The Labute approximate surface area is 118 Å². The molecule has 1 aromatic rings. The van der Waals surface area contributed by atoms with Crippen LogP contribution in [0.5, 0.6) is 0 Å². The van der Waals surface area contributed by atoms with Gasteiger partial charge < -0.3 is 14.4 Å². The Morgan fingerprint density at radius 1 is 1.40 bits per heavy atom. The van der Waals surface area contributed by atoms with Crippen molar-refractivity contribution < 1.29 is 14.4 Å². The third-order valence-electron chi connectivity index (χ3n) is 4.86. The predicted octanol–water partition coefficient (Wildman–Crippen LogP) is 1.23. The minimum absolute atomic E-state index is 0.0672. The van der Waals surface area contributed by atoms with Gasteiger partial charge in [0, 0.05) is 18.5 Å². The van der Waals surface area contributed by atoms with Gasteiger partial charge in [-0.25, -0.2) is 0 Å². The zero-order valence-corrected chi connectivity index (χ0v) is 11.8. The number of hydrogen-bond acceptors (Lipinski definition) is 6. The summed E-state index contributed by atoms with van der Waals surface area (Å²) < 4.78 is 11.2. The first kappa shape index (κ1) is 12.7. The molecule has 3 fully saturated rings. The first-order chi connectivity index (χ1) is 9.61. The fourth-order valence-electron chi connectivity index (χ4n) is 3.69. The Kier molecular flexibility index (Phi) is 2.87. The van der Waals surface area contributed by atoms with E-state index in [1.54, 1.807) is 0 Å². The highest BCUT2D eigenvalue weighted by Crippen LogP contribution is 2.43. The summed E-state index contributed by atoms with van der Waals surface area (Å²) in [4.78, 5) is 6.97. The fraction of sp³-hybridized carbons (Fsp3) is 0.857. The van der Waals surface area contributed by atoms with Gasteiger partial charge in [-0.2, -0.15) is 4.98 Å². The van der Waals surface area contributed by atoms with Crippen LogP contribution in [0.3, 0.4) is 0 Å². The van der Waals surface area contributed by atoms with Crippen LogP contribution in [0.15, 0.2) is 4.52 Å². The highest BCUT2D eigenvalue weighted by atomic mass is 16.5. The molecule has 4 rings (SSSR count). The molecule has 6 heteroatoms. The van der Waals surface area contributed by atoms with Crippen LogP contribution in [-0.2, 0) is 4.74 Å². The van der Waals surface area contributed by atoms with Crippen LogP contribution in [-0.4, -0.2) is 51.5 Å². The Morgan fingerprint density at radius 3 is 3.05 bits per heavy atom. The summed E-state index contributed by atoms with van der Waals surface area (Å²) in [5, 5.41) is 13.9. The van der Waals surface area contributed by atoms with Gasteiger partial charge >= 0.3 is 0 Å². The van der Waals surface area contributed by atoms with E-state index in [2.05, 4.69) is 15.0 Å². The summed E-state index contributed by atoms with van der Waals surface area (Å²) in [5.74, 6) is 1.52. The average Bonchev–Trinajstić information content (AvgIpc) is 3.04. The van der Waals surface area contributed by atoms with Gasteiger partial charge in [0.15, 0.2) is 0 Å². The molecule has 3 heterocycles. The van der Waals surface area contributed by atoms with Crippen molar-refractivity contribution in [1.82, 2.24) is 15.0 Å². The summed E-state index contributed by atoms with van der Waals surface area (Å²) >= 11 is 0. The van der Waals surface area contributed by atoms with Gasteiger partial charge in [0.05, 0.1) is 12.2 Å². The van der Waals surface area contributed by atoms with E-state index in [0.29, 0.717) is 30.6 Å². The van der Waals surface area contributed by atoms with E-state index in [9.17, 15) is 5.11 Å². The number of aliphatic hydroxyl groups is 1. The normalized spacial score (nSPS) is 41.4. The van der Waals surface area contributed by atoms with Gasteiger partial charge in [0.1, 0.15) is 6.10 Å². The molecule has 1 saturated carbocycles. The lowest BCUT2D eigenvalue weighted by molar-refractivity contribution is -0.0548. The van der Waals surface area contributed by atoms with Crippen molar-refractivity contribution >= 4 is 0 Å². The van der Waals surface area contributed by atoms with Gasteiger partial charge in [0.25, 0.3) is 0 Å². The number of morpholine rings is 1. The molecule has 0 spiro atoms. The summed E-state index contributed by atoms with van der Waals surface area (Å²) in [7, 11) is 0. The fourth-order valence-corrected chi connectivity index (χ4v) is 3.69. The SMILES string of the molecule is CC1(O)CC(c2nc([C@H]3CN4CCC[C@H]4CO3)no2)C1. The predicted molar refractivity (Wildman–Crippen MR) is 70.2 cm³/mol. The number of nitrogens with zero attached hydrogens (tertiary/aromatic N) is 3. The van der Waals surface area contributed by atoms with Crippen LogP contribution in [0.4, 0.5) is 0 Å². The van der Waals surface area contributed by atoms with E-state index < -0.39 is 5.60 Å². The van der Waals surface area contributed by atoms with Crippen molar-refractivity contribution in [2.45, 2.75) is 56.3 Å². The van der Waals surface area contributed by atoms with Gasteiger partial charge in [-0.15, -0.1) is 0 Å². The zero-order chi connectivity index (χ0) is 13.7. The molecule has 6 nitrogen and oxygen atoms in total. The molecule has 2 atom stereocenters. The van der Waals surface area contributed by atoms with Crippen LogP contribution in [0.1, 0.15) is 56.3 Å². The lowest BCUT2D eigenvalue weighted by atomic mass is 9.72. The summed E-state index contributed by atoms with van der Waals surface area (Å²) in [6.07, 6.45) is 3.84. The maximum absolute atomic E-state index is 9.78. The molecule has 0 bridgehead atoms. The third-order valence-corrected chi connectivity index (χ3v) is 4.86. The van der Waals surface area contributed by atoms with Gasteiger partial charge in [-0.3, -0.25) is 4.90 Å². The van der Waals surface area contributed by atoms with E-state index in [1.165, 1.54) is 12.8 Å². The Balaban J connectivity index is 1.43. The highest BCUT2D eigenvalue weighted by molar-refractivity contribution is 5.07. The highest BCUT2D eigenvalue weighted by Gasteiger charge is 2.43. The van der Waals surface area contributed by atoms with Crippen molar-refractivity contribution in [1.29, 1.82) is 0 Å². The monoisotopic (exact) mass is 279 g/mol. The largest absolute Gasteiger partial charge is 0.390 e. The number of rotatable bonds is 2. The van der Waals surface area contributed by atoms with E-state index >= 15 is 0 Å². The maximum atomic E-state index is 9.78. The summed E-state index contributed by atoms with van der Waals surface area (Å²) in [6.45, 7) is 4.64. The van der Waals surface area contributed by atoms with E-state index in [1.807, 2.05) is 6.92 Å². The number of ether oxygens (including phenoxy) is 1. The van der Waals surface area contributed by atoms with Crippen LogP contribution in [0.25, 0.3) is 0 Å². The molecule has 0 unspecified atom stereocenters. The molecule has 0 radical (unpaired) electrons. The van der Waals surface area contributed by atoms with Crippen molar-refractivity contribution in [3.05, 3.63) is 11.7 Å². The minimum atomic E-state index is -0.566. The van der Waals surface area contributed by atoms with Gasteiger partial charge in [-0.05, 0) is 39.2 Å². The van der Waals surface area contributed by atoms with E-state index in [4.69, 9.17) is 9.26 Å². The van der Waals surface area contributed by atoms with Crippen molar-refractivity contribution in [2.75, 3.05) is 19.7 Å². The number of aromatic nitrogens is 2.